The highest BCUT2D eigenvalue weighted by atomic mass is 79.9. The van der Waals surface area contributed by atoms with Gasteiger partial charge in [-0.05, 0) is 34.1 Å². The van der Waals surface area contributed by atoms with Crippen LogP contribution in [0.25, 0.3) is 0 Å². The van der Waals surface area contributed by atoms with Gasteiger partial charge in [-0.3, -0.25) is 4.79 Å². The summed E-state index contributed by atoms with van der Waals surface area (Å²) >= 11 is 3.22. The van der Waals surface area contributed by atoms with Crippen molar-refractivity contribution < 1.29 is 9.18 Å². The summed E-state index contributed by atoms with van der Waals surface area (Å²) in [5.41, 5.74) is 1.01. The second kappa shape index (κ2) is 5.93. The molecular weight excluding hydrogens is 311 g/mol. The second-order valence-electron chi connectivity index (χ2n) is 4.12. The van der Waals surface area contributed by atoms with Gasteiger partial charge in [-0.1, -0.05) is 18.2 Å². The lowest BCUT2D eigenvalue weighted by Gasteiger charge is -2.17. The molecule has 0 radical (unpaired) electrons. The summed E-state index contributed by atoms with van der Waals surface area (Å²) in [7, 11) is 1.64. The zero-order valence-corrected chi connectivity index (χ0v) is 11.9. The van der Waals surface area contributed by atoms with Crippen molar-refractivity contribution in [2.75, 3.05) is 7.05 Å². The SMILES string of the molecule is CN(Cc1ccccc1F)C(=O)c1ccnc(Br)c1. The molecular formula is C14H12BrFN2O. The first-order chi connectivity index (χ1) is 9.08. The normalized spacial score (nSPS) is 10.3. The van der Waals surface area contributed by atoms with E-state index in [0.717, 1.165) is 0 Å². The Morgan fingerprint density at radius 1 is 1.37 bits per heavy atom. The predicted molar refractivity (Wildman–Crippen MR) is 74.1 cm³/mol. The van der Waals surface area contributed by atoms with Crippen LogP contribution in [-0.4, -0.2) is 22.8 Å². The Bertz CT molecular complexity index is 604. The maximum atomic E-state index is 13.5. The minimum Gasteiger partial charge on any atom is -0.337 e. The van der Waals surface area contributed by atoms with Gasteiger partial charge in [-0.25, -0.2) is 9.37 Å². The topological polar surface area (TPSA) is 33.2 Å². The highest BCUT2D eigenvalue weighted by molar-refractivity contribution is 9.10. The van der Waals surface area contributed by atoms with Crippen LogP contribution in [0.2, 0.25) is 0 Å². The summed E-state index contributed by atoms with van der Waals surface area (Å²) in [6.45, 7) is 0.228. The van der Waals surface area contributed by atoms with Crippen molar-refractivity contribution >= 4 is 21.8 Å². The van der Waals surface area contributed by atoms with Crippen molar-refractivity contribution in [2.45, 2.75) is 6.54 Å². The largest absolute Gasteiger partial charge is 0.337 e. The minimum absolute atomic E-state index is 0.175. The van der Waals surface area contributed by atoms with Gasteiger partial charge in [-0.2, -0.15) is 0 Å². The first kappa shape index (κ1) is 13.7. The molecule has 0 aliphatic heterocycles. The molecule has 1 aromatic heterocycles. The monoisotopic (exact) mass is 322 g/mol. The molecule has 0 saturated carbocycles. The number of carbonyl (C=O) groups is 1. The van der Waals surface area contributed by atoms with E-state index in [0.29, 0.717) is 15.7 Å². The Morgan fingerprint density at radius 3 is 2.79 bits per heavy atom. The molecule has 5 heteroatoms. The molecule has 1 amide bonds. The molecule has 2 aromatic rings. The van der Waals surface area contributed by atoms with Crippen LogP contribution in [0.15, 0.2) is 47.2 Å². The molecule has 0 N–H and O–H groups in total. The molecule has 0 aliphatic carbocycles. The molecule has 1 heterocycles. The van der Waals surface area contributed by atoms with Gasteiger partial charge in [0.05, 0.1) is 0 Å². The van der Waals surface area contributed by atoms with Crippen molar-refractivity contribution in [1.82, 2.24) is 9.88 Å². The average molecular weight is 323 g/mol. The quantitative estimate of drug-likeness (QED) is 0.813. The van der Waals surface area contributed by atoms with Crippen molar-refractivity contribution in [2.24, 2.45) is 0 Å². The molecule has 0 aliphatic rings. The summed E-state index contributed by atoms with van der Waals surface area (Å²) in [4.78, 5) is 17.6. The van der Waals surface area contributed by atoms with Crippen molar-refractivity contribution in [3.05, 3.63) is 64.1 Å². The van der Waals surface area contributed by atoms with Gasteiger partial charge in [-0.15, -0.1) is 0 Å². The number of amides is 1. The Hall–Kier alpha value is -1.75. The van der Waals surface area contributed by atoms with E-state index in [1.165, 1.54) is 11.0 Å². The molecule has 3 nitrogen and oxygen atoms in total. The van der Waals surface area contributed by atoms with E-state index in [4.69, 9.17) is 0 Å². The number of nitrogens with zero attached hydrogens (tertiary/aromatic N) is 2. The van der Waals surface area contributed by atoms with Crippen LogP contribution in [0, 0.1) is 5.82 Å². The third kappa shape index (κ3) is 3.38. The highest BCUT2D eigenvalue weighted by Crippen LogP contribution is 2.13. The third-order valence-electron chi connectivity index (χ3n) is 2.69. The molecule has 0 saturated heterocycles. The number of hydrogen-bond acceptors (Lipinski definition) is 2. The van der Waals surface area contributed by atoms with E-state index in [1.54, 1.807) is 43.6 Å². The van der Waals surface area contributed by atoms with Gasteiger partial charge in [0, 0.05) is 30.9 Å². The molecule has 0 fully saturated rings. The van der Waals surface area contributed by atoms with Crippen LogP contribution in [0.1, 0.15) is 15.9 Å². The Kier molecular flexibility index (Phi) is 4.27. The fourth-order valence-corrected chi connectivity index (χ4v) is 2.07. The van der Waals surface area contributed by atoms with Crippen molar-refractivity contribution in [1.29, 1.82) is 0 Å². The molecule has 1 aromatic carbocycles. The lowest BCUT2D eigenvalue weighted by atomic mass is 10.2. The minimum atomic E-state index is -0.307. The van der Waals surface area contributed by atoms with Gasteiger partial charge in [0.25, 0.3) is 5.91 Å². The standard InChI is InChI=1S/C14H12BrFN2O/c1-18(9-11-4-2-3-5-12(11)16)14(19)10-6-7-17-13(15)8-10/h2-8H,9H2,1H3. The summed E-state index contributed by atoms with van der Waals surface area (Å²) in [6.07, 6.45) is 1.55. The third-order valence-corrected chi connectivity index (χ3v) is 3.12. The molecule has 0 atom stereocenters. The summed E-state index contributed by atoms with van der Waals surface area (Å²) < 4.78 is 14.1. The van der Waals surface area contributed by atoms with Crippen LogP contribution in [-0.2, 0) is 6.54 Å². The molecule has 0 spiro atoms. The number of carbonyl (C=O) groups excluding carboxylic acids is 1. The van der Waals surface area contributed by atoms with E-state index < -0.39 is 0 Å². The highest BCUT2D eigenvalue weighted by Gasteiger charge is 2.14. The van der Waals surface area contributed by atoms with Crippen LogP contribution in [0.4, 0.5) is 4.39 Å². The number of aromatic nitrogens is 1. The van der Waals surface area contributed by atoms with Crippen LogP contribution in [0.3, 0.4) is 0 Å². The van der Waals surface area contributed by atoms with Gasteiger partial charge >= 0.3 is 0 Å². The van der Waals surface area contributed by atoms with E-state index in [-0.39, 0.29) is 18.3 Å². The number of rotatable bonds is 3. The lowest BCUT2D eigenvalue weighted by molar-refractivity contribution is 0.0783. The smallest absolute Gasteiger partial charge is 0.254 e. The molecule has 2 rings (SSSR count). The van der Waals surface area contributed by atoms with Gasteiger partial charge in [0.1, 0.15) is 10.4 Å². The summed E-state index contributed by atoms with van der Waals surface area (Å²) in [5.74, 6) is -0.482. The van der Waals surface area contributed by atoms with E-state index >= 15 is 0 Å². The Balaban J connectivity index is 2.14. The Labute approximate surface area is 119 Å². The lowest BCUT2D eigenvalue weighted by Crippen LogP contribution is -2.26. The zero-order valence-electron chi connectivity index (χ0n) is 10.3. The Morgan fingerprint density at radius 2 is 2.11 bits per heavy atom. The second-order valence-corrected chi connectivity index (χ2v) is 4.93. The zero-order chi connectivity index (χ0) is 13.8. The molecule has 0 unspecified atom stereocenters. The fraction of sp³-hybridized carbons (Fsp3) is 0.143. The summed E-state index contributed by atoms with van der Waals surface area (Å²) in [5, 5.41) is 0. The maximum absolute atomic E-state index is 13.5. The van der Waals surface area contributed by atoms with Crippen LogP contribution >= 0.6 is 15.9 Å². The first-order valence-corrected chi connectivity index (χ1v) is 6.47. The van der Waals surface area contributed by atoms with Gasteiger partial charge in [0.2, 0.25) is 0 Å². The van der Waals surface area contributed by atoms with Gasteiger partial charge < -0.3 is 4.90 Å². The first-order valence-electron chi connectivity index (χ1n) is 5.68. The van der Waals surface area contributed by atoms with Crippen molar-refractivity contribution in [3.63, 3.8) is 0 Å². The van der Waals surface area contributed by atoms with E-state index in [1.807, 2.05) is 0 Å². The maximum Gasteiger partial charge on any atom is 0.254 e. The summed E-state index contributed by atoms with van der Waals surface area (Å²) in [6, 6.07) is 9.70. The average Bonchev–Trinajstić information content (AvgIpc) is 2.40. The number of pyridine rings is 1. The predicted octanol–water partition coefficient (Wildman–Crippen LogP) is 3.26. The van der Waals surface area contributed by atoms with E-state index in [2.05, 4.69) is 20.9 Å². The number of benzene rings is 1. The molecule has 98 valence electrons. The van der Waals surface area contributed by atoms with E-state index in [9.17, 15) is 9.18 Å². The van der Waals surface area contributed by atoms with Crippen molar-refractivity contribution in [3.8, 4) is 0 Å². The number of hydrogen-bond donors (Lipinski definition) is 0. The molecule has 19 heavy (non-hydrogen) atoms. The van der Waals surface area contributed by atoms with Crippen LogP contribution < -0.4 is 0 Å². The van der Waals surface area contributed by atoms with Crippen LogP contribution in [0.5, 0.6) is 0 Å². The molecule has 0 bridgehead atoms. The van der Waals surface area contributed by atoms with Gasteiger partial charge in [0.15, 0.2) is 0 Å². The fourth-order valence-electron chi connectivity index (χ4n) is 1.71. The number of halogens is 2.